The van der Waals surface area contributed by atoms with Crippen LogP contribution in [0, 0.1) is 0 Å². The quantitative estimate of drug-likeness (QED) is 0.714. The smallest absolute Gasteiger partial charge is 0.0646 e. The highest BCUT2D eigenvalue weighted by Crippen LogP contribution is 2.32. The highest BCUT2D eigenvalue weighted by Gasteiger charge is 2.13. The molecule has 108 valence electrons. The Morgan fingerprint density at radius 1 is 0.952 bits per heavy atom. The molecule has 21 heavy (non-hydrogen) atoms. The van der Waals surface area contributed by atoms with E-state index in [9.17, 15) is 0 Å². The van der Waals surface area contributed by atoms with E-state index in [1.807, 2.05) is 0 Å². The lowest BCUT2D eigenvalue weighted by atomic mass is 9.96. The van der Waals surface area contributed by atoms with Crippen molar-refractivity contribution in [2.45, 2.75) is 32.7 Å². The molecule has 0 spiro atoms. The number of fused-ring (bicyclic) bond motifs is 1. The maximum atomic E-state index is 6.51. The van der Waals surface area contributed by atoms with Crippen molar-refractivity contribution in [3.63, 3.8) is 0 Å². The molecule has 3 rings (SSSR count). The fourth-order valence-electron chi connectivity index (χ4n) is 2.83. The van der Waals surface area contributed by atoms with Gasteiger partial charge in [-0.25, -0.2) is 0 Å². The molecule has 1 aromatic heterocycles. The number of aryl methyl sites for hydroxylation is 2. The molecule has 0 aliphatic carbocycles. The van der Waals surface area contributed by atoms with Crippen LogP contribution in [-0.4, -0.2) is 0 Å². The first-order valence-electron chi connectivity index (χ1n) is 7.58. The standard InChI is InChI=1S/C19H21NS/c1-3-13-9-10-16(11-14(13)4-2)19(20)18-12-15-7-5-6-8-17(15)21-18/h5-12,19H,3-4,20H2,1-2H3. The van der Waals surface area contributed by atoms with Crippen LogP contribution in [0.15, 0.2) is 48.5 Å². The number of hydrogen-bond donors (Lipinski definition) is 1. The van der Waals surface area contributed by atoms with Gasteiger partial charge in [-0.2, -0.15) is 0 Å². The Morgan fingerprint density at radius 2 is 1.71 bits per heavy atom. The van der Waals surface area contributed by atoms with Gasteiger partial charge in [0.2, 0.25) is 0 Å². The highest BCUT2D eigenvalue weighted by atomic mass is 32.1. The lowest BCUT2D eigenvalue weighted by Crippen LogP contribution is -2.11. The Labute approximate surface area is 130 Å². The van der Waals surface area contributed by atoms with Gasteiger partial charge in [-0.05, 0) is 47.1 Å². The van der Waals surface area contributed by atoms with Crippen LogP contribution in [0.5, 0.6) is 0 Å². The average Bonchev–Trinajstić information content (AvgIpc) is 2.97. The normalized spacial score (nSPS) is 12.7. The van der Waals surface area contributed by atoms with Crippen molar-refractivity contribution in [2.24, 2.45) is 5.73 Å². The molecular weight excluding hydrogens is 274 g/mol. The molecule has 0 saturated carbocycles. The third kappa shape index (κ3) is 2.74. The first-order valence-corrected chi connectivity index (χ1v) is 8.40. The first-order chi connectivity index (χ1) is 10.2. The van der Waals surface area contributed by atoms with Crippen LogP contribution in [0.2, 0.25) is 0 Å². The Morgan fingerprint density at radius 3 is 2.43 bits per heavy atom. The van der Waals surface area contributed by atoms with Crippen molar-refractivity contribution in [3.8, 4) is 0 Å². The molecule has 1 atom stereocenters. The number of benzene rings is 2. The summed E-state index contributed by atoms with van der Waals surface area (Å²) in [4.78, 5) is 1.24. The molecule has 0 saturated heterocycles. The molecule has 0 amide bonds. The van der Waals surface area contributed by atoms with Crippen LogP contribution in [0.4, 0.5) is 0 Å². The van der Waals surface area contributed by atoms with E-state index < -0.39 is 0 Å². The van der Waals surface area contributed by atoms with Gasteiger partial charge in [-0.15, -0.1) is 11.3 Å². The molecule has 0 aliphatic heterocycles. The number of rotatable bonds is 4. The van der Waals surface area contributed by atoms with E-state index in [-0.39, 0.29) is 6.04 Å². The van der Waals surface area contributed by atoms with E-state index in [4.69, 9.17) is 5.73 Å². The van der Waals surface area contributed by atoms with Crippen LogP contribution in [0.25, 0.3) is 10.1 Å². The van der Waals surface area contributed by atoms with Crippen molar-refractivity contribution < 1.29 is 0 Å². The number of thiophene rings is 1. The average molecular weight is 295 g/mol. The minimum atomic E-state index is -0.0291. The van der Waals surface area contributed by atoms with Crippen molar-refractivity contribution in [1.82, 2.24) is 0 Å². The second kappa shape index (κ2) is 6.00. The summed E-state index contributed by atoms with van der Waals surface area (Å²) in [7, 11) is 0. The molecule has 1 nitrogen and oxygen atoms in total. The summed E-state index contributed by atoms with van der Waals surface area (Å²) in [5, 5.41) is 1.29. The molecule has 3 aromatic rings. The first kappa shape index (κ1) is 14.3. The fraction of sp³-hybridized carbons (Fsp3) is 0.263. The zero-order valence-corrected chi connectivity index (χ0v) is 13.4. The zero-order chi connectivity index (χ0) is 14.8. The van der Waals surface area contributed by atoms with Crippen molar-refractivity contribution >= 4 is 21.4 Å². The Bertz CT molecular complexity index is 724. The maximum absolute atomic E-state index is 6.51. The molecule has 2 N–H and O–H groups in total. The summed E-state index contributed by atoms with van der Waals surface area (Å²) in [5.74, 6) is 0. The summed E-state index contributed by atoms with van der Waals surface area (Å²) in [5.41, 5.74) is 10.6. The molecular formula is C19H21NS. The van der Waals surface area contributed by atoms with Crippen molar-refractivity contribution in [2.75, 3.05) is 0 Å². The topological polar surface area (TPSA) is 26.0 Å². The Kier molecular flexibility index (Phi) is 4.09. The van der Waals surface area contributed by atoms with Gasteiger partial charge in [0.1, 0.15) is 0 Å². The summed E-state index contributed by atoms with van der Waals surface area (Å²) in [6.45, 7) is 4.42. The van der Waals surface area contributed by atoms with Crippen LogP contribution in [-0.2, 0) is 12.8 Å². The Hall–Kier alpha value is -1.64. The van der Waals surface area contributed by atoms with Gasteiger partial charge >= 0.3 is 0 Å². The van der Waals surface area contributed by atoms with Gasteiger partial charge < -0.3 is 5.73 Å². The molecule has 1 unspecified atom stereocenters. The van der Waals surface area contributed by atoms with E-state index in [1.54, 1.807) is 11.3 Å². The maximum Gasteiger partial charge on any atom is 0.0646 e. The lowest BCUT2D eigenvalue weighted by Gasteiger charge is -2.14. The van der Waals surface area contributed by atoms with Crippen LogP contribution >= 0.6 is 11.3 Å². The van der Waals surface area contributed by atoms with E-state index in [0.29, 0.717) is 0 Å². The minimum Gasteiger partial charge on any atom is -0.320 e. The molecule has 0 aliphatic rings. The lowest BCUT2D eigenvalue weighted by molar-refractivity contribution is 0.884. The van der Waals surface area contributed by atoms with Gasteiger partial charge in [0.05, 0.1) is 6.04 Å². The molecule has 0 fully saturated rings. The number of hydrogen-bond acceptors (Lipinski definition) is 2. The van der Waals surface area contributed by atoms with Crippen LogP contribution in [0.3, 0.4) is 0 Å². The SMILES string of the molecule is CCc1ccc(C(N)c2cc3ccccc3s2)cc1CC. The van der Waals surface area contributed by atoms with Crippen LogP contribution in [0.1, 0.15) is 41.5 Å². The summed E-state index contributed by atoms with van der Waals surface area (Å²) >= 11 is 1.80. The Balaban J connectivity index is 1.99. The molecule has 2 aromatic carbocycles. The predicted molar refractivity (Wildman–Crippen MR) is 93.1 cm³/mol. The van der Waals surface area contributed by atoms with Gasteiger partial charge in [0.25, 0.3) is 0 Å². The van der Waals surface area contributed by atoms with Gasteiger partial charge in [0.15, 0.2) is 0 Å². The molecule has 2 heteroatoms. The molecule has 0 radical (unpaired) electrons. The number of nitrogens with two attached hydrogens (primary N) is 1. The zero-order valence-electron chi connectivity index (χ0n) is 12.6. The van der Waals surface area contributed by atoms with Crippen LogP contribution < -0.4 is 5.73 Å². The van der Waals surface area contributed by atoms with E-state index >= 15 is 0 Å². The van der Waals surface area contributed by atoms with Gasteiger partial charge in [0, 0.05) is 9.58 Å². The highest BCUT2D eigenvalue weighted by molar-refractivity contribution is 7.19. The fourth-order valence-corrected chi connectivity index (χ4v) is 3.93. The second-order valence-corrected chi connectivity index (χ2v) is 6.51. The van der Waals surface area contributed by atoms with E-state index in [1.165, 1.54) is 31.7 Å². The van der Waals surface area contributed by atoms with Gasteiger partial charge in [-0.1, -0.05) is 50.2 Å². The third-order valence-electron chi connectivity index (χ3n) is 4.10. The minimum absolute atomic E-state index is 0.0291. The van der Waals surface area contributed by atoms with E-state index in [2.05, 4.69) is 62.4 Å². The monoisotopic (exact) mass is 295 g/mol. The molecule has 0 bridgehead atoms. The summed E-state index contributed by atoms with van der Waals surface area (Å²) in [6, 6.07) is 17.4. The summed E-state index contributed by atoms with van der Waals surface area (Å²) in [6.07, 6.45) is 2.15. The predicted octanol–water partition coefficient (Wildman–Crippen LogP) is 5.07. The summed E-state index contributed by atoms with van der Waals surface area (Å²) < 4.78 is 1.31. The van der Waals surface area contributed by atoms with Crippen molar-refractivity contribution in [3.05, 3.63) is 70.1 Å². The van der Waals surface area contributed by atoms with Gasteiger partial charge in [-0.3, -0.25) is 0 Å². The largest absolute Gasteiger partial charge is 0.320 e. The van der Waals surface area contributed by atoms with E-state index in [0.717, 1.165) is 12.8 Å². The third-order valence-corrected chi connectivity index (χ3v) is 5.30. The van der Waals surface area contributed by atoms with Crippen molar-refractivity contribution in [1.29, 1.82) is 0 Å². The molecule has 1 heterocycles. The second-order valence-electron chi connectivity index (χ2n) is 5.40.